The Morgan fingerprint density at radius 3 is 2.43 bits per heavy atom. The number of amides is 1. The number of rotatable bonds is 9. The minimum atomic E-state index is -0.286. The molecular weight excluding hydrogens is 378 g/mol. The fourth-order valence-corrected chi connectivity index (χ4v) is 3.01. The van der Waals surface area contributed by atoms with Crippen molar-refractivity contribution in [3.05, 3.63) is 52.5 Å². The Bertz CT molecular complexity index is 818. The number of halogens is 1. The zero-order valence-corrected chi connectivity index (χ0v) is 17.4. The Morgan fingerprint density at radius 1 is 1.18 bits per heavy atom. The van der Waals surface area contributed by atoms with Gasteiger partial charge in [-0.1, -0.05) is 11.6 Å². The number of benzene rings is 2. The van der Waals surface area contributed by atoms with E-state index >= 15 is 0 Å². The van der Waals surface area contributed by atoms with Gasteiger partial charge in [0, 0.05) is 24.3 Å². The highest BCUT2D eigenvalue weighted by Gasteiger charge is 2.11. The number of nitrogens with one attached hydrogen (secondary N) is 1. The summed E-state index contributed by atoms with van der Waals surface area (Å²) in [6, 6.07) is 10.9. The van der Waals surface area contributed by atoms with Crippen LogP contribution in [0.15, 0.2) is 41.5 Å². The maximum Gasteiger partial charge on any atom is 0.271 e. The van der Waals surface area contributed by atoms with Crippen molar-refractivity contribution in [3.8, 4) is 11.5 Å². The Morgan fingerprint density at radius 2 is 1.86 bits per heavy atom. The topological polar surface area (TPSA) is 63.2 Å². The fraction of sp³-hybridized carbons (Fsp3) is 0.333. The maximum absolute atomic E-state index is 12.3. The van der Waals surface area contributed by atoms with Crippen molar-refractivity contribution in [3.63, 3.8) is 0 Å². The molecule has 0 radical (unpaired) electrons. The summed E-state index contributed by atoms with van der Waals surface area (Å²) in [5, 5.41) is 4.43. The number of hydrazone groups is 1. The highest BCUT2D eigenvalue weighted by molar-refractivity contribution is 6.32. The Labute approximate surface area is 171 Å². The molecule has 28 heavy (non-hydrogen) atoms. The van der Waals surface area contributed by atoms with Crippen molar-refractivity contribution >= 4 is 29.4 Å². The number of carbonyl (C=O) groups is 1. The first-order valence-electron chi connectivity index (χ1n) is 9.22. The average molecular weight is 404 g/mol. The van der Waals surface area contributed by atoms with Gasteiger partial charge in [-0.2, -0.15) is 5.10 Å². The molecule has 1 amide bonds. The second-order valence-corrected chi connectivity index (χ2v) is 6.29. The predicted octanol–water partition coefficient (Wildman–Crippen LogP) is 4.36. The van der Waals surface area contributed by atoms with Gasteiger partial charge in [0.15, 0.2) is 11.5 Å². The van der Waals surface area contributed by atoms with Crippen LogP contribution in [0.1, 0.15) is 36.7 Å². The molecule has 1 N–H and O–H groups in total. The van der Waals surface area contributed by atoms with Crippen LogP contribution in [0.2, 0.25) is 5.02 Å². The van der Waals surface area contributed by atoms with Gasteiger partial charge in [0.25, 0.3) is 5.91 Å². The number of hydrogen-bond donors (Lipinski definition) is 1. The van der Waals surface area contributed by atoms with Gasteiger partial charge >= 0.3 is 0 Å². The van der Waals surface area contributed by atoms with Crippen LogP contribution in [0.4, 0.5) is 5.69 Å². The summed E-state index contributed by atoms with van der Waals surface area (Å²) in [6.07, 6.45) is 1.51. The van der Waals surface area contributed by atoms with Crippen molar-refractivity contribution in [1.29, 1.82) is 0 Å². The van der Waals surface area contributed by atoms with E-state index < -0.39 is 0 Å². The highest BCUT2D eigenvalue weighted by atomic mass is 35.5. The number of carbonyl (C=O) groups excluding carboxylic acids is 1. The number of anilines is 1. The van der Waals surface area contributed by atoms with Gasteiger partial charge in [0.1, 0.15) is 0 Å². The Balaban J connectivity index is 2.06. The van der Waals surface area contributed by atoms with Gasteiger partial charge in [-0.3, -0.25) is 4.79 Å². The minimum Gasteiger partial charge on any atom is -0.493 e. The first-order chi connectivity index (χ1) is 13.5. The molecule has 0 fully saturated rings. The van der Waals surface area contributed by atoms with Crippen molar-refractivity contribution in [2.24, 2.45) is 5.10 Å². The summed E-state index contributed by atoms with van der Waals surface area (Å²) in [6.45, 7) is 8.38. The molecule has 0 atom stereocenters. The highest BCUT2D eigenvalue weighted by Crippen LogP contribution is 2.35. The summed E-state index contributed by atoms with van der Waals surface area (Å²) in [5.74, 6) is 0.710. The Kier molecular flexibility index (Phi) is 8.14. The molecule has 150 valence electrons. The molecule has 0 bridgehead atoms. The maximum atomic E-state index is 12.3. The SMILES string of the molecule is CCOc1c(Cl)cc(/C=N\NC(=O)c2ccc(N(CC)CC)cc2)cc1OC. The number of methoxy groups -OCH3 is 1. The summed E-state index contributed by atoms with van der Waals surface area (Å²) >= 11 is 6.24. The van der Waals surface area contributed by atoms with Gasteiger partial charge < -0.3 is 14.4 Å². The summed E-state index contributed by atoms with van der Waals surface area (Å²) in [5.41, 5.74) is 4.83. The number of ether oxygens (including phenoxy) is 2. The van der Waals surface area contributed by atoms with Crippen LogP contribution in [-0.2, 0) is 0 Å². The van der Waals surface area contributed by atoms with Crippen LogP contribution in [-0.4, -0.2) is 38.9 Å². The van der Waals surface area contributed by atoms with E-state index in [9.17, 15) is 4.79 Å². The lowest BCUT2D eigenvalue weighted by molar-refractivity contribution is 0.0955. The van der Waals surface area contributed by atoms with E-state index in [1.807, 2.05) is 19.1 Å². The van der Waals surface area contributed by atoms with Crippen LogP contribution in [0.3, 0.4) is 0 Å². The standard InChI is InChI=1S/C21H26ClN3O3/c1-5-25(6-2)17-10-8-16(9-11-17)21(26)24-23-14-15-12-18(22)20(28-7-3)19(13-15)27-4/h8-14H,5-7H2,1-4H3,(H,24,26)/b23-14-. The largest absolute Gasteiger partial charge is 0.493 e. The zero-order valence-electron chi connectivity index (χ0n) is 16.7. The third kappa shape index (κ3) is 5.39. The molecule has 0 aliphatic heterocycles. The fourth-order valence-electron chi connectivity index (χ4n) is 2.74. The zero-order chi connectivity index (χ0) is 20.5. The molecule has 0 saturated heterocycles. The molecular formula is C21H26ClN3O3. The van der Waals surface area contributed by atoms with Crippen LogP contribution in [0.5, 0.6) is 11.5 Å². The first-order valence-corrected chi connectivity index (χ1v) is 9.60. The molecule has 0 aromatic heterocycles. The molecule has 0 spiro atoms. The van der Waals surface area contributed by atoms with Crippen molar-refractivity contribution < 1.29 is 14.3 Å². The third-order valence-electron chi connectivity index (χ3n) is 4.18. The van der Waals surface area contributed by atoms with Crippen molar-refractivity contribution in [2.45, 2.75) is 20.8 Å². The van der Waals surface area contributed by atoms with E-state index in [1.165, 1.54) is 6.21 Å². The predicted molar refractivity (Wildman–Crippen MR) is 114 cm³/mol. The molecule has 0 heterocycles. The third-order valence-corrected chi connectivity index (χ3v) is 4.46. The lowest BCUT2D eigenvalue weighted by Crippen LogP contribution is -2.22. The molecule has 2 aromatic rings. The lowest BCUT2D eigenvalue weighted by Gasteiger charge is -2.20. The van der Waals surface area contributed by atoms with E-state index in [2.05, 4.69) is 29.3 Å². The quantitative estimate of drug-likeness (QED) is 0.499. The van der Waals surface area contributed by atoms with E-state index in [1.54, 1.807) is 31.4 Å². The molecule has 0 saturated carbocycles. The second-order valence-electron chi connectivity index (χ2n) is 5.89. The van der Waals surface area contributed by atoms with Gasteiger partial charge in [-0.15, -0.1) is 0 Å². The molecule has 0 aliphatic rings. The van der Waals surface area contributed by atoms with Gasteiger partial charge in [0.2, 0.25) is 0 Å². The second kappa shape index (κ2) is 10.6. The smallest absolute Gasteiger partial charge is 0.271 e. The molecule has 7 heteroatoms. The Hall–Kier alpha value is -2.73. The van der Waals surface area contributed by atoms with Crippen LogP contribution in [0, 0.1) is 0 Å². The summed E-state index contributed by atoms with van der Waals surface area (Å²) < 4.78 is 10.8. The van der Waals surface area contributed by atoms with Crippen LogP contribution < -0.4 is 19.8 Å². The molecule has 2 rings (SSSR count). The normalized spacial score (nSPS) is 10.8. The first kappa shape index (κ1) is 21.6. The van der Waals surface area contributed by atoms with Crippen LogP contribution >= 0.6 is 11.6 Å². The summed E-state index contributed by atoms with van der Waals surface area (Å²) in [7, 11) is 1.54. The molecule has 0 aliphatic carbocycles. The number of nitrogens with zero attached hydrogens (tertiary/aromatic N) is 2. The van der Waals surface area contributed by atoms with E-state index in [-0.39, 0.29) is 5.91 Å². The minimum absolute atomic E-state index is 0.286. The van der Waals surface area contributed by atoms with Crippen molar-refractivity contribution in [1.82, 2.24) is 5.43 Å². The molecule has 0 unspecified atom stereocenters. The van der Waals surface area contributed by atoms with Gasteiger partial charge in [-0.25, -0.2) is 5.43 Å². The van der Waals surface area contributed by atoms with Crippen LogP contribution in [0.25, 0.3) is 0 Å². The van der Waals surface area contributed by atoms with Gasteiger partial charge in [-0.05, 0) is 62.7 Å². The monoisotopic (exact) mass is 403 g/mol. The molecule has 6 nitrogen and oxygen atoms in total. The van der Waals surface area contributed by atoms with Gasteiger partial charge in [0.05, 0.1) is 25.0 Å². The van der Waals surface area contributed by atoms with Crippen molar-refractivity contribution in [2.75, 3.05) is 31.7 Å². The van der Waals surface area contributed by atoms with E-state index in [0.717, 1.165) is 18.8 Å². The lowest BCUT2D eigenvalue weighted by atomic mass is 10.2. The average Bonchev–Trinajstić information content (AvgIpc) is 2.71. The van der Waals surface area contributed by atoms with E-state index in [0.29, 0.717) is 34.3 Å². The van der Waals surface area contributed by atoms with E-state index in [4.69, 9.17) is 21.1 Å². The molecule has 2 aromatic carbocycles. The number of hydrogen-bond acceptors (Lipinski definition) is 5. The summed E-state index contributed by atoms with van der Waals surface area (Å²) in [4.78, 5) is 14.5.